The van der Waals surface area contributed by atoms with Gasteiger partial charge in [0.05, 0.1) is 18.8 Å². The molecule has 28 heavy (non-hydrogen) atoms. The highest BCUT2D eigenvalue weighted by Crippen LogP contribution is 2.34. The number of fused-ring (bicyclic) bond motifs is 1. The Morgan fingerprint density at radius 2 is 2.11 bits per heavy atom. The largest absolute Gasteiger partial charge is 0.496 e. The Morgan fingerprint density at radius 3 is 2.96 bits per heavy atom. The van der Waals surface area contributed by atoms with Crippen molar-refractivity contribution in [3.63, 3.8) is 0 Å². The van der Waals surface area contributed by atoms with Gasteiger partial charge in [0.2, 0.25) is 5.91 Å². The van der Waals surface area contributed by atoms with Crippen LogP contribution < -0.4 is 15.4 Å². The summed E-state index contributed by atoms with van der Waals surface area (Å²) in [5.74, 6) is 1.48. The molecule has 2 aliphatic rings. The van der Waals surface area contributed by atoms with Gasteiger partial charge in [-0.15, -0.1) is 11.8 Å². The lowest BCUT2D eigenvalue weighted by Crippen LogP contribution is -2.48. The van der Waals surface area contributed by atoms with Gasteiger partial charge in [-0.3, -0.25) is 9.59 Å². The molecule has 4 rings (SSSR count). The zero-order chi connectivity index (χ0) is 19.5. The maximum atomic E-state index is 13.4. The van der Waals surface area contributed by atoms with Crippen molar-refractivity contribution < 1.29 is 14.3 Å². The van der Waals surface area contributed by atoms with Crippen LogP contribution in [0.4, 0.5) is 5.69 Å². The van der Waals surface area contributed by atoms with E-state index in [1.165, 1.54) is 0 Å². The second kappa shape index (κ2) is 8.24. The molecule has 2 aliphatic heterocycles. The summed E-state index contributed by atoms with van der Waals surface area (Å²) in [6, 6.07) is 13.3. The maximum Gasteiger partial charge on any atom is 0.254 e. The number of thioether (sulfide) groups is 1. The number of methoxy groups -OCH3 is 1. The summed E-state index contributed by atoms with van der Waals surface area (Å²) in [6.07, 6.45) is 0.482. The fourth-order valence-electron chi connectivity index (χ4n) is 3.69. The van der Waals surface area contributed by atoms with Gasteiger partial charge >= 0.3 is 0 Å². The van der Waals surface area contributed by atoms with E-state index in [1.54, 1.807) is 24.9 Å². The van der Waals surface area contributed by atoms with Gasteiger partial charge in [0.1, 0.15) is 5.75 Å². The highest BCUT2D eigenvalue weighted by atomic mass is 32.2. The number of amides is 2. The molecular formula is C21H23N3O3S. The summed E-state index contributed by atoms with van der Waals surface area (Å²) < 4.78 is 5.52. The van der Waals surface area contributed by atoms with Crippen molar-refractivity contribution in [1.82, 2.24) is 10.2 Å². The molecule has 2 aromatic rings. The number of piperazine rings is 1. The van der Waals surface area contributed by atoms with E-state index in [2.05, 4.69) is 10.6 Å². The Kier molecular flexibility index (Phi) is 5.54. The van der Waals surface area contributed by atoms with Crippen LogP contribution in [0.2, 0.25) is 0 Å². The first-order valence-electron chi connectivity index (χ1n) is 9.38. The Labute approximate surface area is 168 Å². The molecule has 1 fully saturated rings. The normalized spacial score (nSPS) is 19.4. The molecule has 1 unspecified atom stereocenters. The number of nitrogens with one attached hydrogen (secondary N) is 2. The van der Waals surface area contributed by atoms with Gasteiger partial charge < -0.3 is 20.3 Å². The fourth-order valence-corrected chi connectivity index (χ4v) is 4.62. The molecule has 0 aliphatic carbocycles. The first kappa shape index (κ1) is 18.8. The van der Waals surface area contributed by atoms with E-state index in [0.717, 1.165) is 34.2 Å². The molecule has 0 spiro atoms. The third-order valence-corrected chi connectivity index (χ3v) is 6.16. The van der Waals surface area contributed by atoms with Crippen LogP contribution in [-0.2, 0) is 4.79 Å². The van der Waals surface area contributed by atoms with Crippen molar-refractivity contribution in [3.05, 3.63) is 53.6 Å². The molecule has 0 bridgehead atoms. The topological polar surface area (TPSA) is 70.7 Å². The Bertz CT molecular complexity index is 902. The van der Waals surface area contributed by atoms with Gasteiger partial charge in [-0.1, -0.05) is 18.2 Å². The van der Waals surface area contributed by atoms with E-state index in [9.17, 15) is 9.59 Å². The number of benzene rings is 2. The SMILES string of the molecule is COc1ccccc1C1CNCCN1C(=O)c1ccc2c(c1)NC(=O)CCS2. The van der Waals surface area contributed by atoms with Crippen LogP contribution >= 0.6 is 11.8 Å². The zero-order valence-corrected chi connectivity index (χ0v) is 16.6. The van der Waals surface area contributed by atoms with Gasteiger partial charge in [0.25, 0.3) is 5.91 Å². The summed E-state index contributed by atoms with van der Waals surface area (Å²) in [7, 11) is 1.65. The predicted molar refractivity (Wildman–Crippen MR) is 110 cm³/mol. The molecule has 2 heterocycles. The predicted octanol–water partition coefficient (Wildman–Crippen LogP) is 2.92. The van der Waals surface area contributed by atoms with E-state index in [4.69, 9.17) is 4.74 Å². The smallest absolute Gasteiger partial charge is 0.254 e. The van der Waals surface area contributed by atoms with Crippen LogP contribution in [-0.4, -0.2) is 49.2 Å². The molecule has 6 nitrogen and oxygen atoms in total. The number of carbonyl (C=O) groups is 2. The van der Waals surface area contributed by atoms with E-state index < -0.39 is 0 Å². The second-order valence-electron chi connectivity index (χ2n) is 6.82. The van der Waals surface area contributed by atoms with Gasteiger partial charge in [-0.25, -0.2) is 0 Å². The Hall–Kier alpha value is -2.51. The van der Waals surface area contributed by atoms with Crippen LogP contribution in [0, 0.1) is 0 Å². The third kappa shape index (κ3) is 3.72. The minimum absolute atomic E-state index is 0.00933. The monoisotopic (exact) mass is 397 g/mol. The van der Waals surface area contributed by atoms with E-state index in [0.29, 0.717) is 25.1 Å². The van der Waals surface area contributed by atoms with Gasteiger partial charge in [0.15, 0.2) is 0 Å². The minimum atomic E-state index is -0.111. The molecule has 2 aromatic carbocycles. The number of para-hydroxylation sites is 1. The molecule has 7 heteroatoms. The standard InChI is InChI=1S/C21H23N3O3S/c1-27-18-5-3-2-4-15(18)17-13-22-9-10-24(17)21(26)14-6-7-19-16(12-14)23-20(25)8-11-28-19/h2-7,12,17,22H,8-11,13H2,1H3,(H,23,25). The summed E-state index contributed by atoms with van der Waals surface area (Å²) in [6.45, 7) is 2.03. The molecule has 1 saturated heterocycles. The molecule has 146 valence electrons. The second-order valence-corrected chi connectivity index (χ2v) is 7.95. The number of ether oxygens (including phenoxy) is 1. The van der Waals surface area contributed by atoms with Gasteiger partial charge in [0, 0.05) is 47.8 Å². The lowest BCUT2D eigenvalue weighted by Gasteiger charge is -2.37. The number of hydrogen-bond acceptors (Lipinski definition) is 5. The Balaban J connectivity index is 1.65. The van der Waals surface area contributed by atoms with Crippen molar-refractivity contribution in [2.24, 2.45) is 0 Å². The minimum Gasteiger partial charge on any atom is -0.496 e. The van der Waals surface area contributed by atoms with Crippen LogP contribution in [0.3, 0.4) is 0 Å². The highest BCUT2D eigenvalue weighted by molar-refractivity contribution is 7.99. The molecule has 0 radical (unpaired) electrons. The van der Waals surface area contributed by atoms with Crippen LogP contribution in [0.1, 0.15) is 28.4 Å². The number of nitrogens with zero attached hydrogens (tertiary/aromatic N) is 1. The molecule has 2 N–H and O–H groups in total. The number of anilines is 1. The lowest BCUT2D eigenvalue weighted by molar-refractivity contribution is -0.115. The van der Waals surface area contributed by atoms with Crippen LogP contribution in [0.15, 0.2) is 47.4 Å². The molecular weight excluding hydrogens is 374 g/mol. The first-order valence-corrected chi connectivity index (χ1v) is 10.4. The zero-order valence-electron chi connectivity index (χ0n) is 15.7. The van der Waals surface area contributed by atoms with Crippen molar-refractivity contribution in [2.45, 2.75) is 17.4 Å². The summed E-state index contributed by atoms with van der Waals surface area (Å²) in [5.41, 5.74) is 2.30. The average molecular weight is 398 g/mol. The van der Waals surface area contributed by atoms with E-state index in [1.807, 2.05) is 41.3 Å². The highest BCUT2D eigenvalue weighted by Gasteiger charge is 2.31. The molecule has 1 atom stereocenters. The number of carbonyl (C=O) groups excluding carboxylic acids is 2. The van der Waals surface area contributed by atoms with E-state index in [-0.39, 0.29) is 17.9 Å². The van der Waals surface area contributed by atoms with E-state index >= 15 is 0 Å². The van der Waals surface area contributed by atoms with Gasteiger partial charge in [-0.2, -0.15) is 0 Å². The quantitative estimate of drug-likeness (QED) is 0.833. The van der Waals surface area contributed by atoms with Crippen molar-refractivity contribution >= 4 is 29.3 Å². The summed E-state index contributed by atoms with van der Waals surface area (Å²) >= 11 is 1.64. The van der Waals surface area contributed by atoms with Crippen molar-refractivity contribution in [1.29, 1.82) is 0 Å². The fraction of sp³-hybridized carbons (Fsp3) is 0.333. The number of hydrogen-bond donors (Lipinski definition) is 2. The number of rotatable bonds is 3. The molecule has 0 aromatic heterocycles. The molecule has 0 saturated carbocycles. The van der Waals surface area contributed by atoms with Gasteiger partial charge in [-0.05, 0) is 24.3 Å². The van der Waals surface area contributed by atoms with Crippen molar-refractivity contribution in [2.75, 3.05) is 37.8 Å². The van der Waals surface area contributed by atoms with Crippen molar-refractivity contribution in [3.8, 4) is 5.75 Å². The first-order chi connectivity index (χ1) is 13.7. The van der Waals surface area contributed by atoms with Crippen LogP contribution in [0.25, 0.3) is 0 Å². The lowest BCUT2D eigenvalue weighted by atomic mass is 10.0. The summed E-state index contributed by atoms with van der Waals surface area (Å²) in [5, 5.41) is 6.29. The Morgan fingerprint density at radius 1 is 1.25 bits per heavy atom. The van der Waals surface area contributed by atoms with Crippen LogP contribution in [0.5, 0.6) is 5.75 Å². The maximum absolute atomic E-state index is 13.4. The third-order valence-electron chi connectivity index (χ3n) is 5.09. The molecule has 2 amide bonds. The average Bonchev–Trinajstić information content (AvgIpc) is 2.93. The summed E-state index contributed by atoms with van der Waals surface area (Å²) in [4.78, 5) is 28.2.